The topological polar surface area (TPSA) is 103 Å². The van der Waals surface area contributed by atoms with Crippen LogP contribution in [-0.2, 0) is 9.59 Å². The van der Waals surface area contributed by atoms with Crippen LogP contribution in [-0.4, -0.2) is 25.0 Å². The van der Waals surface area contributed by atoms with Gasteiger partial charge < -0.3 is 20.7 Å². The molecule has 0 aliphatic heterocycles. The minimum Gasteiger partial charge on any atom is -0.495 e. The zero-order valence-electron chi connectivity index (χ0n) is 14.8. The van der Waals surface area contributed by atoms with E-state index in [2.05, 4.69) is 16.0 Å². The van der Waals surface area contributed by atoms with Gasteiger partial charge in [0.1, 0.15) is 11.8 Å². The molecule has 7 nitrogen and oxygen atoms in total. The summed E-state index contributed by atoms with van der Waals surface area (Å²) in [6.45, 7) is 3.12. The van der Waals surface area contributed by atoms with Crippen molar-refractivity contribution in [2.45, 2.75) is 19.9 Å². The van der Waals surface area contributed by atoms with E-state index in [0.29, 0.717) is 28.4 Å². The van der Waals surface area contributed by atoms with Crippen LogP contribution in [0, 0.1) is 11.3 Å². The van der Waals surface area contributed by atoms with Crippen molar-refractivity contribution in [3.05, 3.63) is 48.0 Å². The molecule has 2 rings (SSSR count). The van der Waals surface area contributed by atoms with Gasteiger partial charge in [0.15, 0.2) is 0 Å². The van der Waals surface area contributed by atoms with E-state index in [1.165, 1.54) is 14.0 Å². The smallest absolute Gasteiger partial charge is 0.246 e. The van der Waals surface area contributed by atoms with Crippen molar-refractivity contribution in [2.75, 3.05) is 23.1 Å². The van der Waals surface area contributed by atoms with E-state index in [0.717, 1.165) is 0 Å². The fourth-order valence-electron chi connectivity index (χ4n) is 2.32. The lowest BCUT2D eigenvalue weighted by atomic mass is 10.2. The molecule has 0 heterocycles. The van der Waals surface area contributed by atoms with Gasteiger partial charge >= 0.3 is 0 Å². The Morgan fingerprint density at radius 1 is 1.12 bits per heavy atom. The number of nitriles is 1. The monoisotopic (exact) mass is 352 g/mol. The third kappa shape index (κ3) is 4.98. The molecular formula is C19H20N4O3. The normalized spacial score (nSPS) is 11.0. The Labute approximate surface area is 152 Å². The molecule has 0 radical (unpaired) electrons. The number of methoxy groups -OCH3 is 1. The zero-order chi connectivity index (χ0) is 19.1. The quantitative estimate of drug-likeness (QED) is 0.741. The third-order valence-electron chi connectivity index (χ3n) is 3.54. The van der Waals surface area contributed by atoms with Gasteiger partial charge in [-0.05, 0) is 43.3 Å². The highest BCUT2D eigenvalue weighted by Crippen LogP contribution is 2.28. The summed E-state index contributed by atoms with van der Waals surface area (Å²) < 4.78 is 5.29. The highest BCUT2D eigenvalue weighted by atomic mass is 16.5. The average molecular weight is 352 g/mol. The first-order chi connectivity index (χ1) is 12.4. The van der Waals surface area contributed by atoms with Crippen LogP contribution in [0.2, 0.25) is 0 Å². The molecule has 7 heteroatoms. The van der Waals surface area contributed by atoms with Gasteiger partial charge in [-0.25, -0.2) is 0 Å². The number of ether oxygens (including phenoxy) is 1. The molecule has 3 N–H and O–H groups in total. The SMILES string of the molecule is COc1ccc(NC(C)=O)cc1N[C@@H](C)C(=O)Nc1cccc(C#N)c1. The first kappa shape index (κ1) is 18.8. The van der Waals surface area contributed by atoms with Crippen molar-refractivity contribution in [3.8, 4) is 11.8 Å². The molecule has 0 saturated carbocycles. The number of carbonyl (C=O) groups is 2. The summed E-state index contributed by atoms with van der Waals surface area (Å²) in [6, 6.07) is 13.2. The molecule has 0 spiro atoms. The Balaban J connectivity index is 2.12. The molecule has 0 aromatic heterocycles. The van der Waals surface area contributed by atoms with E-state index >= 15 is 0 Å². The lowest BCUT2D eigenvalue weighted by Gasteiger charge is -2.18. The van der Waals surface area contributed by atoms with E-state index in [4.69, 9.17) is 10.00 Å². The van der Waals surface area contributed by atoms with E-state index in [-0.39, 0.29) is 11.8 Å². The first-order valence-corrected chi connectivity index (χ1v) is 7.96. The van der Waals surface area contributed by atoms with Crippen LogP contribution in [0.1, 0.15) is 19.4 Å². The minimum absolute atomic E-state index is 0.190. The first-order valence-electron chi connectivity index (χ1n) is 7.96. The summed E-state index contributed by atoms with van der Waals surface area (Å²) in [5.74, 6) is 0.0848. The van der Waals surface area contributed by atoms with E-state index in [1.54, 1.807) is 49.4 Å². The summed E-state index contributed by atoms with van der Waals surface area (Å²) in [5.41, 5.74) is 2.18. The second-order valence-corrected chi connectivity index (χ2v) is 5.64. The predicted molar refractivity (Wildman–Crippen MR) is 100 cm³/mol. The van der Waals surface area contributed by atoms with Gasteiger partial charge in [-0.3, -0.25) is 9.59 Å². The van der Waals surface area contributed by atoms with Crippen molar-refractivity contribution in [1.82, 2.24) is 0 Å². The van der Waals surface area contributed by atoms with Gasteiger partial charge in [0.05, 0.1) is 24.4 Å². The third-order valence-corrected chi connectivity index (χ3v) is 3.54. The molecule has 26 heavy (non-hydrogen) atoms. The fourth-order valence-corrected chi connectivity index (χ4v) is 2.32. The number of carbonyl (C=O) groups excluding carboxylic acids is 2. The molecule has 0 aliphatic carbocycles. The average Bonchev–Trinajstić information content (AvgIpc) is 2.61. The molecule has 0 unspecified atom stereocenters. The maximum Gasteiger partial charge on any atom is 0.246 e. The molecule has 2 aromatic carbocycles. The predicted octanol–water partition coefficient (Wildman–Crippen LogP) is 2.96. The number of nitrogens with zero attached hydrogens (tertiary/aromatic N) is 1. The van der Waals surface area contributed by atoms with Gasteiger partial charge in [0, 0.05) is 18.3 Å². The molecule has 0 aliphatic rings. The highest BCUT2D eigenvalue weighted by molar-refractivity contribution is 5.97. The summed E-state index contributed by atoms with van der Waals surface area (Å²) in [5, 5.41) is 17.4. The standard InChI is InChI=1S/C19H20N4O3/c1-12(19(25)23-15-6-4-5-14(9-15)11-20)21-17-10-16(22-13(2)24)7-8-18(17)26-3/h4-10,12,21H,1-3H3,(H,22,24)(H,23,25)/t12-/m0/s1. The summed E-state index contributed by atoms with van der Waals surface area (Å²) in [7, 11) is 1.52. The molecule has 2 amide bonds. The number of hydrogen-bond donors (Lipinski definition) is 3. The van der Waals surface area contributed by atoms with Crippen LogP contribution in [0.25, 0.3) is 0 Å². The summed E-state index contributed by atoms with van der Waals surface area (Å²) in [6.07, 6.45) is 0. The van der Waals surface area contributed by atoms with Crippen molar-refractivity contribution < 1.29 is 14.3 Å². The molecule has 134 valence electrons. The molecular weight excluding hydrogens is 332 g/mol. The number of nitrogens with one attached hydrogen (secondary N) is 3. The van der Waals surface area contributed by atoms with Crippen molar-refractivity contribution in [3.63, 3.8) is 0 Å². The van der Waals surface area contributed by atoms with Gasteiger partial charge in [0.25, 0.3) is 0 Å². The van der Waals surface area contributed by atoms with Crippen molar-refractivity contribution in [1.29, 1.82) is 5.26 Å². The van der Waals surface area contributed by atoms with Crippen molar-refractivity contribution >= 4 is 28.9 Å². The van der Waals surface area contributed by atoms with E-state index in [1.807, 2.05) is 6.07 Å². The number of benzene rings is 2. The van der Waals surface area contributed by atoms with Crippen LogP contribution in [0.3, 0.4) is 0 Å². The molecule has 1 atom stereocenters. The zero-order valence-corrected chi connectivity index (χ0v) is 14.8. The van der Waals surface area contributed by atoms with Gasteiger partial charge in [0.2, 0.25) is 11.8 Å². The van der Waals surface area contributed by atoms with Crippen LogP contribution < -0.4 is 20.7 Å². The highest BCUT2D eigenvalue weighted by Gasteiger charge is 2.16. The van der Waals surface area contributed by atoms with Gasteiger partial charge in [-0.2, -0.15) is 5.26 Å². The van der Waals surface area contributed by atoms with Crippen molar-refractivity contribution in [2.24, 2.45) is 0 Å². The number of amides is 2. The summed E-state index contributed by atoms with van der Waals surface area (Å²) in [4.78, 5) is 23.6. The second kappa shape index (κ2) is 8.53. The van der Waals surface area contributed by atoms with Gasteiger partial charge in [-0.15, -0.1) is 0 Å². The second-order valence-electron chi connectivity index (χ2n) is 5.64. The maximum absolute atomic E-state index is 12.4. The molecule has 0 saturated heterocycles. The Kier molecular flexibility index (Phi) is 6.17. The largest absolute Gasteiger partial charge is 0.495 e. The van der Waals surface area contributed by atoms with E-state index in [9.17, 15) is 9.59 Å². The Bertz CT molecular complexity index is 858. The minimum atomic E-state index is -0.581. The van der Waals surface area contributed by atoms with E-state index < -0.39 is 6.04 Å². The lowest BCUT2D eigenvalue weighted by molar-refractivity contribution is -0.116. The Hall–Kier alpha value is -3.53. The number of anilines is 3. The summed E-state index contributed by atoms with van der Waals surface area (Å²) >= 11 is 0. The molecule has 2 aromatic rings. The van der Waals surface area contributed by atoms with Crippen LogP contribution >= 0.6 is 0 Å². The lowest BCUT2D eigenvalue weighted by Crippen LogP contribution is -2.32. The van der Waals surface area contributed by atoms with Gasteiger partial charge in [-0.1, -0.05) is 6.07 Å². The molecule has 0 bridgehead atoms. The van der Waals surface area contributed by atoms with Crippen LogP contribution in [0.5, 0.6) is 5.75 Å². The van der Waals surface area contributed by atoms with Crippen LogP contribution in [0.15, 0.2) is 42.5 Å². The number of hydrogen-bond acceptors (Lipinski definition) is 5. The Morgan fingerprint density at radius 2 is 1.85 bits per heavy atom. The maximum atomic E-state index is 12.4. The Morgan fingerprint density at radius 3 is 2.50 bits per heavy atom. The fraction of sp³-hybridized carbons (Fsp3) is 0.211. The van der Waals surface area contributed by atoms with Crippen LogP contribution in [0.4, 0.5) is 17.1 Å². The number of rotatable bonds is 6. The molecule has 0 fully saturated rings.